The molecule has 29 heteroatoms. The molecule has 20 nitrogen and oxygen atoms in total. The van der Waals surface area contributed by atoms with Gasteiger partial charge in [-0.2, -0.15) is 16.8 Å². The summed E-state index contributed by atoms with van der Waals surface area (Å²) in [5.41, 5.74) is 0. The Balaban J connectivity index is -0.0000000590. The van der Waals surface area contributed by atoms with Crippen LogP contribution in [0.25, 0.3) is 0 Å². The molecule has 0 radical (unpaired) electrons. The molecule has 0 unspecified atom stereocenters. The Morgan fingerprint density at radius 3 is 0.903 bits per heavy atom. The Hall–Kier alpha value is 4.04. The molecule has 0 aliphatic rings. The van der Waals surface area contributed by atoms with Crippen LogP contribution in [0.15, 0.2) is 0 Å². The van der Waals surface area contributed by atoms with Crippen molar-refractivity contribution in [2.75, 3.05) is 0 Å². The third-order valence-electron chi connectivity index (χ3n) is 0.703. The largest absolute Gasteiger partial charge is 1.00 e. The fourth-order valence-corrected chi connectivity index (χ4v) is 1.61. The summed E-state index contributed by atoms with van der Waals surface area (Å²) in [6, 6.07) is 0. The van der Waals surface area contributed by atoms with Gasteiger partial charge in [0.2, 0.25) is 20.8 Å². The minimum absolute atomic E-state index is 0. The number of hydrogen-bond acceptors (Lipinski definition) is 21. The van der Waals surface area contributed by atoms with Crippen molar-refractivity contribution in [3.63, 3.8) is 0 Å². The second-order valence-electron chi connectivity index (χ2n) is 2.36. The maximum Gasteiger partial charge on any atom is 1.00 e. The maximum absolute atomic E-state index is 10.1. The molecule has 0 aromatic carbocycles. The number of carbonyl (C=O) groups excluding carboxylic acids is 2. The van der Waals surface area contributed by atoms with E-state index in [-0.39, 0.29) is 162 Å². The zero-order valence-electron chi connectivity index (χ0n) is 15.4. The monoisotopic (exact) mass is 630 g/mol. The van der Waals surface area contributed by atoms with E-state index >= 15 is 0 Å². The van der Waals surface area contributed by atoms with Gasteiger partial charge in [0.05, 0.1) is 0 Å². The van der Waals surface area contributed by atoms with E-state index < -0.39 is 66.9 Å². The first kappa shape index (κ1) is 51.6. The first-order chi connectivity index (χ1) is 11.9. The molecule has 0 N–H and O–H groups in total. The SMILES string of the molecule is O=COS(=O)(=O)OOS(=O)(=O)[O-].O=COS(=O)(=O)OOS(=O)(=O)[O-].[K+].[K+].[Na+].[Na+].[O-]S[O-]. The summed E-state index contributed by atoms with van der Waals surface area (Å²) >= 11 is -0.750. The van der Waals surface area contributed by atoms with Gasteiger partial charge >= 0.3 is 196 Å². The standard InChI is InChI=1S/2CH2O9S2.2K.2Na.H2O2S/c2*2-1-8-12(6,7)10-9-11(3,4)5;;;;;1-3-2/h2*1H,(H,3,4,5);;;;;1-2H/q;;4*+1;/p-4. The molecule has 0 heterocycles. The van der Waals surface area contributed by atoms with E-state index in [1.807, 2.05) is 0 Å². The second-order valence-corrected chi connectivity index (χ2v) is 6.69. The van der Waals surface area contributed by atoms with Gasteiger partial charge < -0.3 is 38.9 Å². The summed E-state index contributed by atoms with van der Waals surface area (Å²) in [5, 5.41) is 0. The van der Waals surface area contributed by atoms with Gasteiger partial charge in [0, 0.05) is 0 Å². The molecule has 0 spiro atoms. The minimum Gasteiger partial charge on any atom is -0.811 e. The zero-order chi connectivity index (χ0) is 22.4. The zero-order valence-corrected chi connectivity index (χ0v) is 29.7. The third-order valence-corrected chi connectivity index (χ3v) is 2.44. The van der Waals surface area contributed by atoms with E-state index in [0.29, 0.717) is 0 Å². The first-order valence-electron chi connectivity index (χ1n) is 4.28. The molecule has 0 aliphatic heterocycles. The molecule has 0 saturated heterocycles. The van der Waals surface area contributed by atoms with Gasteiger partial charge in [-0.05, 0) is 0 Å². The molecule has 0 amide bonds. The summed E-state index contributed by atoms with van der Waals surface area (Å²) in [4.78, 5) is 18.8. The van der Waals surface area contributed by atoms with E-state index in [2.05, 4.69) is 25.7 Å². The van der Waals surface area contributed by atoms with E-state index in [4.69, 9.17) is 9.11 Å². The van der Waals surface area contributed by atoms with Crippen molar-refractivity contribution >= 4 is 66.9 Å². The molecular formula is C2H2K2Na2O20S5. The number of hydrogen-bond donors (Lipinski definition) is 0. The molecule has 0 aromatic heterocycles. The van der Waals surface area contributed by atoms with Crippen LogP contribution in [-0.4, -0.2) is 64.8 Å². The van der Waals surface area contributed by atoms with E-state index in [9.17, 15) is 52.4 Å². The van der Waals surface area contributed by atoms with Gasteiger partial charge in [-0.1, -0.05) is 17.3 Å². The third kappa shape index (κ3) is 51.5. The van der Waals surface area contributed by atoms with Crippen molar-refractivity contribution in [1.29, 1.82) is 0 Å². The average molecular weight is 631 g/mol. The smallest absolute Gasteiger partial charge is 0.811 e. The van der Waals surface area contributed by atoms with Crippen LogP contribution in [0, 0.1) is 0 Å². The average Bonchev–Trinajstić information content (AvgIpc) is 2.44. The molecule has 0 saturated carbocycles. The molecule has 0 aliphatic carbocycles. The van der Waals surface area contributed by atoms with Gasteiger partial charge in [-0.15, -0.1) is 0 Å². The Morgan fingerprint density at radius 1 is 0.581 bits per heavy atom. The van der Waals surface area contributed by atoms with Gasteiger partial charge in [-0.3, -0.25) is 9.59 Å². The van der Waals surface area contributed by atoms with Crippen molar-refractivity contribution in [3.05, 3.63) is 0 Å². The summed E-state index contributed by atoms with van der Waals surface area (Å²) in [7, 11) is -20.5. The molecule has 0 bridgehead atoms. The van der Waals surface area contributed by atoms with Crippen molar-refractivity contribution in [2.24, 2.45) is 0 Å². The van der Waals surface area contributed by atoms with E-state index in [1.165, 1.54) is 0 Å². The number of rotatable bonds is 10. The van der Waals surface area contributed by atoms with Crippen molar-refractivity contribution in [2.45, 2.75) is 0 Å². The molecule has 0 fully saturated rings. The molecule has 31 heavy (non-hydrogen) atoms. The topological polar surface area (TPSA) is 318 Å². The van der Waals surface area contributed by atoms with E-state index in [1.54, 1.807) is 0 Å². The fourth-order valence-electron chi connectivity index (χ4n) is 0.264. The predicted molar refractivity (Wildman–Crippen MR) is 65.0 cm³/mol. The summed E-state index contributed by atoms with van der Waals surface area (Å²) in [5.74, 6) is 0. The summed E-state index contributed by atoms with van der Waals surface area (Å²) in [6.45, 7) is -1.12. The normalized spacial score (nSPS) is 10.2. The fraction of sp³-hybridized carbons (Fsp3) is 0. The summed E-state index contributed by atoms with van der Waals surface area (Å²) in [6.07, 6.45) is 0. The quantitative estimate of drug-likeness (QED) is 0.0411. The molecular weight excluding hydrogens is 629 g/mol. The van der Waals surface area contributed by atoms with Crippen LogP contribution in [0.4, 0.5) is 0 Å². The van der Waals surface area contributed by atoms with Crippen LogP contribution < -0.4 is 162 Å². The van der Waals surface area contributed by atoms with Crippen LogP contribution in [0.1, 0.15) is 0 Å². The molecule has 0 aromatic rings. The second kappa shape index (κ2) is 27.1. The Bertz CT molecular complexity index is 773. The van der Waals surface area contributed by atoms with Crippen LogP contribution in [0.3, 0.4) is 0 Å². The Labute approximate surface area is 309 Å². The van der Waals surface area contributed by atoms with E-state index in [0.717, 1.165) is 0 Å². The first-order valence-corrected chi connectivity index (χ1v) is 10.3. The van der Waals surface area contributed by atoms with Gasteiger partial charge in [-0.25, -0.2) is 16.8 Å². The maximum atomic E-state index is 10.1. The minimum atomic E-state index is -5.32. The number of carbonyl (C=O) groups is 2. The van der Waals surface area contributed by atoms with Gasteiger partial charge in [0.1, 0.15) is 0 Å². The van der Waals surface area contributed by atoms with Crippen molar-refractivity contribution in [3.8, 4) is 0 Å². The molecule has 0 rings (SSSR count). The molecule has 164 valence electrons. The van der Waals surface area contributed by atoms with Crippen LogP contribution >= 0.6 is 12.3 Å². The Morgan fingerprint density at radius 2 is 0.774 bits per heavy atom. The van der Waals surface area contributed by atoms with Gasteiger partial charge in [0.15, 0.2) is 0 Å². The summed E-state index contributed by atoms with van der Waals surface area (Å²) < 4.78 is 132. The van der Waals surface area contributed by atoms with Gasteiger partial charge in [0.25, 0.3) is 0 Å². The van der Waals surface area contributed by atoms with Crippen LogP contribution in [-0.2, 0) is 76.9 Å². The predicted octanol–water partition coefficient (Wildman–Crippen LogP) is -16.4. The van der Waals surface area contributed by atoms with Crippen molar-refractivity contribution < 1.29 is 249 Å². The van der Waals surface area contributed by atoms with Crippen molar-refractivity contribution in [1.82, 2.24) is 0 Å². The Kier molecular flexibility index (Phi) is 45.1. The molecule has 0 atom stereocenters. The van der Waals surface area contributed by atoms with Crippen LogP contribution in [0.2, 0.25) is 0 Å². The van der Waals surface area contributed by atoms with Crippen LogP contribution in [0.5, 0.6) is 0 Å².